The Labute approximate surface area is 179 Å². The summed E-state index contributed by atoms with van der Waals surface area (Å²) in [4.78, 5) is 26.2. The molecule has 0 atom stereocenters. The van der Waals surface area contributed by atoms with Gasteiger partial charge in [-0.3, -0.25) is 9.59 Å². The van der Waals surface area contributed by atoms with Crippen molar-refractivity contribution in [1.82, 2.24) is 4.72 Å². The van der Waals surface area contributed by atoms with Crippen molar-refractivity contribution in [2.24, 2.45) is 0 Å². The van der Waals surface area contributed by atoms with Crippen LogP contribution in [-0.4, -0.2) is 26.8 Å². The Morgan fingerprint density at radius 3 is 2.55 bits per heavy atom. The van der Waals surface area contributed by atoms with Crippen LogP contribution in [0.2, 0.25) is 0 Å². The van der Waals surface area contributed by atoms with Crippen molar-refractivity contribution in [3.05, 3.63) is 78.3 Å². The Bertz CT molecular complexity index is 1190. The highest BCUT2D eigenvalue weighted by Gasteiger charge is 2.21. The summed E-state index contributed by atoms with van der Waals surface area (Å²) in [5.74, 6) is 0.139. The number of nitrogens with one attached hydrogen (secondary N) is 2. The van der Waals surface area contributed by atoms with Crippen LogP contribution in [0.5, 0.6) is 0 Å². The average molecular weight is 439 g/mol. The molecular weight excluding hydrogens is 418 g/mol. The largest absolute Gasteiger partial charge is 0.468 e. The van der Waals surface area contributed by atoms with Crippen molar-refractivity contribution < 1.29 is 22.4 Å². The molecule has 2 N–H and O–H groups in total. The fourth-order valence-corrected chi connectivity index (χ4v) is 4.36. The first-order chi connectivity index (χ1) is 14.9. The number of carbonyl (C=O) groups excluding carboxylic acids is 2. The first-order valence-corrected chi connectivity index (χ1v) is 11.2. The standard InChI is InChI=1S/C22H21N3O5S/c26-21-7-2-12-25(21)18-10-8-17(9-11-18)24-22(27)16-4-1-6-20(14-16)31(28,29)23-15-19-5-3-13-30-19/h1,3-6,8-11,13-14,23H,2,7,12,15H2,(H,24,27). The van der Waals surface area contributed by atoms with E-state index in [1.807, 2.05) is 0 Å². The molecule has 31 heavy (non-hydrogen) atoms. The van der Waals surface area contributed by atoms with Gasteiger partial charge in [-0.25, -0.2) is 13.1 Å². The van der Waals surface area contributed by atoms with Crippen molar-refractivity contribution in [2.75, 3.05) is 16.8 Å². The second-order valence-electron chi connectivity index (χ2n) is 7.08. The third-order valence-electron chi connectivity index (χ3n) is 4.93. The van der Waals surface area contributed by atoms with E-state index in [0.717, 1.165) is 12.1 Å². The summed E-state index contributed by atoms with van der Waals surface area (Å²) in [6, 6.07) is 16.1. The van der Waals surface area contributed by atoms with Crippen LogP contribution >= 0.6 is 0 Å². The summed E-state index contributed by atoms with van der Waals surface area (Å²) in [5.41, 5.74) is 1.54. The van der Waals surface area contributed by atoms with Gasteiger partial charge in [0.2, 0.25) is 15.9 Å². The van der Waals surface area contributed by atoms with Crippen LogP contribution < -0.4 is 14.9 Å². The molecule has 2 aromatic carbocycles. The molecule has 0 aliphatic carbocycles. The van der Waals surface area contributed by atoms with Gasteiger partial charge in [0.05, 0.1) is 17.7 Å². The van der Waals surface area contributed by atoms with Gasteiger partial charge >= 0.3 is 0 Å². The van der Waals surface area contributed by atoms with E-state index in [1.54, 1.807) is 41.3 Å². The third kappa shape index (κ3) is 4.84. The van der Waals surface area contributed by atoms with Gasteiger partial charge in [-0.15, -0.1) is 0 Å². The molecule has 3 aromatic rings. The van der Waals surface area contributed by atoms with Gasteiger partial charge in [-0.2, -0.15) is 0 Å². The van der Waals surface area contributed by atoms with Gasteiger partial charge in [0.1, 0.15) is 5.76 Å². The van der Waals surface area contributed by atoms with Gasteiger partial charge in [0, 0.05) is 29.9 Å². The molecule has 0 radical (unpaired) electrons. The second kappa shape index (κ2) is 8.75. The fourth-order valence-electron chi connectivity index (χ4n) is 3.32. The van der Waals surface area contributed by atoms with E-state index >= 15 is 0 Å². The topological polar surface area (TPSA) is 109 Å². The number of hydrogen-bond acceptors (Lipinski definition) is 5. The summed E-state index contributed by atoms with van der Waals surface area (Å²) < 4.78 is 32.6. The minimum atomic E-state index is -3.81. The van der Waals surface area contributed by atoms with E-state index in [2.05, 4.69) is 10.0 Å². The summed E-state index contributed by atoms with van der Waals surface area (Å²) in [7, 11) is -3.81. The molecule has 1 saturated heterocycles. The van der Waals surface area contributed by atoms with E-state index in [9.17, 15) is 18.0 Å². The first kappa shape index (κ1) is 20.8. The van der Waals surface area contributed by atoms with E-state index in [1.165, 1.54) is 30.5 Å². The van der Waals surface area contributed by atoms with Crippen LogP contribution in [0, 0.1) is 0 Å². The number of hydrogen-bond donors (Lipinski definition) is 2. The molecule has 1 aliphatic heterocycles. The maximum Gasteiger partial charge on any atom is 0.255 e. The van der Waals surface area contributed by atoms with Crippen LogP contribution in [0.3, 0.4) is 0 Å². The minimum absolute atomic E-state index is 0.0115. The van der Waals surface area contributed by atoms with Crippen LogP contribution in [0.15, 0.2) is 76.2 Å². The molecule has 0 spiro atoms. The first-order valence-electron chi connectivity index (χ1n) is 9.76. The summed E-state index contributed by atoms with van der Waals surface area (Å²) in [5, 5.41) is 2.75. The Morgan fingerprint density at radius 2 is 1.87 bits per heavy atom. The molecule has 1 aliphatic rings. The van der Waals surface area contributed by atoms with Crippen LogP contribution in [0.4, 0.5) is 11.4 Å². The number of benzene rings is 2. The zero-order valence-electron chi connectivity index (χ0n) is 16.6. The summed E-state index contributed by atoms with van der Waals surface area (Å²) in [6.45, 7) is 0.706. The Morgan fingerprint density at radius 1 is 1.06 bits per heavy atom. The number of amides is 2. The predicted octanol–water partition coefficient (Wildman–Crippen LogP) is 3.14. The number of sulfonamides is 1. The van der Waals surface area contributed by atoms with Gasteiger partial charge in [-0.1, -0.05) is 6.07 Å². The molecule has 8 nitrogen and oxygen atoms in total. The Balaban J connectivity index is 1.43. The van der Waals surface area contributed by atoms with E-state index in [4.69, 9.17) is 4.42 Å². The van der Waals surface area contributed by atoms with Crippen molar-refractivity contribution in [1.29, 1.82) is 0 Å². The highest BCUT2D eigenvalue weighted by molar-refractivity contribution is 7.89. The lowest BCUT2D eigenvalue weighted by Gasteiger charge is -2.16. The molecule has 2 heterocycles. The SMILES string of the molecule is O=C(Nc1ccc(N2CCCC2=O)cc1)c1cccc(S(=O)(=O)NCc2ccco2)c1. The molecule has 160 valence electrons. The van der Waals surface area contributed by atoms with E-state index < -0.39 is 15.9 Å². The van der Waals surface area contributed by atoms with Crippen LogP contribution in [-0.2, 0) is 21.4 Å². The number of carbonyl (C=O) groups is 2. The number of anilines is 2. The maximum atomic E-state index is 12.6. The fraction of sp³-hybridized carbons (Fsp3) is 0.182. The monoisotopic (exact) mass is 439 g/mol. The zero-order valence-corrected chi connectivity index (χ0v) is 17.4. The Kier molecular flexibility index (Phi) is 5.88. The lowest BCUT2D eigenvalue weighted by molar-refractivity contribution is -0.117. The molecule has 9 heteroatoms. The summed E-state index contributed by atoms with van der Waals surface area (Å²) in [6.07, 6.45) is 2.85. The van der Waals surface area contributed by atoms with Crippen molar-refractivity contribution >= 4 is 33.2 Å². The van der Waals surface area contributed by atoms with Crippen LogP contribution in [0.1, 0.15) is 29.0 Å². The van der Waals surface area contributed by atoms with Crippen LogP contribution in [0.25, 0.3) is 0 Å². The zero-order chi connectivity index (χ0) is 21.8. The molecule has 1 aromatic heterocycles. The van der Waals surface area contributed by atoms with Crippen molar-refractivity contribution in [3.63, 3.8) is 0 Å². The van der Waals surface area contributed by atoms with Gasteiger partial charge in [0.15, 0.2) is 0 Å². The number of rotatable bonds is 7. The van der Waals surface area contributed by atoms with Gasteiger partial charge in [-0.05, 0) is 61.0 Å². The Hall–Kier alpha value is -3.43. The summed E-state index contributed by atoms with van der Waals surface area (Å²) >= 11 is 0. The maximum absolute atomic E-state index is 12.6. The molecule has 0 unspecified atom stereocenters. The highest BCUT2D eigenvalue weighted by atomic mass is 32.2. The number of nitrogens with zero attached hydrogens (tertiary/aromatic N) is 1. The number of furan rings is 1. The lowest BCUT2D eigenvalue weighted by Crippen LogP contribution is -2.24. The van der Waals surface area contributed by atoms with Crippen molar-refractivity contribution in [3.8, 4) is 0 Å². The highest BCUT2D eigenvalue weighted by Crippen LogP contribution is 2.23. The second-order valence-corrected chi connectivity index (χ2v) is 8.85. The predicted molar refractivity (Wildman–Crippen MR) is 115 cm³/mol. The molecule has 0 saturated carbocycles. The quantitative estimate of drug-likeness (QED) is 0.588. The average Bonchev–Trinajstić information content (AvgIpc) is 3.45. The molecule has 4 rings (SSSR count). The molecule has 2 amide bonds. The molecular formula is C22H21N3O5S. The van der Waals surface area contributed by atoms with Gasteiger partial charge < -0.3 is 14.6 Å². The molecule has 0 bridgehead atoms. The van der Waals surface area contributed by atoms with E-state index in [0.29, 0.717) is 24.4 Å². The van der Waals surface area contributed by atoms with Crippen molar-refractivity contribution in [2.45, 2.75) is 24.3 Å². The minimum Gasteiger partial charge on any atom is -0.468 e. The van der Waals surface area contributed by atoms with Gasteiger partial charge in [0.25, 0.3) is 5.91 Å². The smallest absolute Gasteiger partial charge is 0.255 e. The normalized spacial score (nSPS) is 14.1. The van der Waals surface area contributed by atoms with E-state index in [-0.39, 0.29) is 22.9 Å². The third-order valence-corrected chi connectivity index (χ3v) is 6.33. The lowest BCUT2D eigenvalue weighted by atomic mass is 10.2. The molecule has 1 fully saturated rings.